The van der Waals surface area contributed by atoms with E-state index in [0.29, 0.717) is 5.92 Å². The van der Waals surface area contributed by atoms with Crippen molar-refractivity contribution in [2.45, 2.75) is 39.7 Å². The maximum Gasteiger partial charge on any atom is 0.263 e. The Bertz CT molecular complexity index is 305. The highest BCUT2D eigenvalue weighted by Crippen LogP contribution is 2.18. The van der Waals surface area contributed by atoms with Crippen molar-refractivity contribution in [1.29, 1.82) is 0 Å². The summed E-state index contributed by atoms with van der Waals surface area (Å²) in [5.41, 5.74) is 1.15. The summed E-state index contributed by atoms with van der Waals surface area (Å²) >= 11 is 0. The van der Waals surface area contributed by atoms with Crippen molar-refractivity contribution in [1.82, 2.24) is 5.32 Å². The Morgan fingerprint density at radius 2 is 1.65 bits per heavy atom. The van der Waals surface area contributed by atoms with Crippen LogP contribution in [0, 0.1) is 5.92 Å². The van der Waals surface area contributed by atoms with E-state index in [4.69, 9.17) is 0 Å². The molecule has 0 bridgehead atoms. The number of benzene rings is 1. The van der Waals surface area contributed by atoms with E-state index >= 15 is 0 Å². The van der Waals surface area contributed by atoms with Crippen LogP contribution in [0.4, 0.5) is 8.78 Å². The van der Waals surface area contributed by atoms with Crippen LogP contribution in [0.2, 0.25) is 0 Å². The molecule has 1 aromatic carbocycles. The minimum absolute atomic E-state index is 0.0914. The van der Waals surface area contributed by atoms with Crippen molar-refractivity contribution < 1.29 is 8.78 Å². The maximum atomic E-state index is 12.3. The molecule has 0 saturated carbocycles. The zero-order chi connectivity index (χ0) is 12.7. The van der Waals surface area contributed by atoms with Gasteiger partial charge in [0.25, 0.3) is 6.43 Å². The molecule has 0 aromatic heterocycles. The molecule has 0 radical (unpaired) electrons. The summed E-state index contributed by atoms with van der Waals surface area (Å²) in [5.74, 6) is 0.704. The number of nitrogens with one attached hydrogen (secondary N) is 1. The second-order valence-electron chi connectivity index (χ2n) is 4.36. The summed E-state index contributed by atoms with van der Waals surface area (Å²) in [6.07, 6.45) is -0.0247. The Balaban J connectivity index is 2.37. The van der Waals surface area contributed by atoms with Gasteiger partial charge in [-0.2, -0.15) is 0 Å². The zero-order valence-electron chi connectivity index (χ0n) is 10.5. The maximum absolute atomic E-state index is 12.3. The number of rotatable bonds is 7. The van der Waals surface area contributed by atoms with Gasteiger partial charge in [-0.15, -0.1) is 0 Å². The average molecular weight is 241 g/mol. The first-order chi connectivity index (χ1) is 8.17. The fourth-order valence-electron chi connectivity index (χ4n) is 1.78. The van der Waals surface area contributed by atoms with Crippen molar-refractivity contribution in [3.05, 3.63) is 35.4 Å². The zero-order valence-corrected chi connectivity index (χ0v) is 10.5. The lowest BCUT2D eigenvalue weighted by atomic mass is 10.0. The summed E-state index contributed by atoms with van der Waals surface area (Å²) in [6, 6.07) is 6.53. The van der Waals surface area contributed by atoms with Crippen LogP contribution in [-0.4, -0.2) is 6.54 Å². The fourth-order valence-corrected chi connectivity index (χ4v) is 1.78. The van der Waals surface area contributed by atoms with Crippen LogP contribution in [0.5, 0.6) is 0 Å². The summed E-state index contributed by atoms with van der Waals surface area (Å²) in [5, 5.41) is 3.36. The largest absolute Gasteiger partial charge is 0.312 e. The fraction of sp³-hybridized carbons (Fsp3) is 0.571. The first kappa shape index (κ1) is 14.1. The van der Waals surface area contributed by atoms with Crippen LogP contribution < -0.4 is 5.32 Å². The van der Waals surface area contributed by atoms with Crippen LogP contribution in [-0.2, 0) is 6.54 Å². The first-order valence-corrected chi connectivity index (χ1v) is 6.25. The summed E-state index contributed by atoms with van der Waals surface area (Å²) in [6.45, 7) is 6.12. The Hall–Kier alpha value is -0.960. The number of hydrogen-bond donors (Lipinski definition) is 1. The molecule has 0 atom stereocenters. The van der Waals surface area contributed by atoms with Gasteiger partial charge >= 0.3 is 0 Å². The Labute approximate surface area is 102 Å². The summed E-state index contributed by atoms with van der Waals surface area (Å²) < 4.78 is 24.7. The van der Waals surface area contributed by atoms with E-state index in [1.807, 2.05) is 0 Å². The molecule has 0 aliphatic rings. The molecule has 3 heteroatoms. The molecule has 0 aliphatic heterocycles. The van der Waals surface area contributed by atoms with Crippen molar-refractivity contribution in [3.63, 3.8) is 0 Å². The van der Waals surface area contributed by atoms with Crippen LogP contribution in [0.1, 0.15) is 44.2 Å². The molecule has 1 aromatic rings. The van der Waals surface area contributed by atoms with Crippen molar-refractivity contribution in [2.24, 2.45) is 5.92 Å². The predicted octanol–water partition coefficient (Wildman–Crippen LogP) is 4.15. The van der Waals surface area contributed by atoms with Gasteiger partial charge in [0.15, 0.2) is 0 Å². The lowest BCUT2D eigenvalue weighted by Gasteiger charge is -2.13. The third-order valence-electron chi connectivity index (χ3n) is 3.15. The van der Waals surface area contributed by atoms with Crippen molar-refractivity contribution in [3.8, 4) is 0 Å². The van der Waals surface area contributed by atoms with Crippen molar-refractivity contribution in [2.75, 3.05) is 6.54 Å². The quantitative estimate of drug-likeness (QED) is 0.756. The summed E-state index contributed by atoms with van der Waals surface area (Å²) in [4.78, 5) is 0. The molecule has 0 aliphatic carbocycles. The SMILES string of the molecule is CCC(CC)CNCc1ccc(C(F)F)cc1. The van der Waals surface area contributed by atoms with Gasteiger partial charge in [0.05, 0.1) is 0 Å². The van der Waals surface area contributed by atoms with Gasteiger partial charge in [-0.05, 0) is 18.0 Å². The highest BCUT2D eigenvalue weighted by atomic mass is 19.3. The first-order valence-electron chi connectivity index (χ1n) is 6.25. The molecule has 17 heavy (non-hydrogen) atoms. The van der Waals surface area contributed by atoms with Gasteiger partial charge in [0, 0.05) is 12.1 Å². The van der Waals surface area contributed by atoms with Crippen LogP contribution in [0.3, 0.4) is 0 Å². The monoisotopic (exact) mass is 241 g/mol. The molecule has 1 N–H and O–H groups in total. The van der Waals surface area contributed by atoms with E-state index in [9.17, 15) is 8.78 Å². The van der Waals surface area contributed by atoms with Crippen LogP contribution in [0.15, 0.2) is 24.3 Å². The third kappa shape index (κ3) is 4.82. The average Bonchev–Trinajstić information content (AvgIpc) is 2.35. The van der Waals surface area contributed by atoms with Gasteiger partial charge in [-0.3, -0.25) is 0 Å². The molecule has 96 valence electrons. The lowest BCUT2D eigenvalue weighted by Crippen LogP contribution is -2.21. The van der Waals surface area contributed by atoms with Gasteiger partial charge in [0.1, 0.15) is 0 Å². The predicted molar refractivity (Wildman–Crippen MR) is 67.2 cm³/mol. The molecule has 0 amide bonds. The van der Waals surface area contributed by atoms with Gasteiger partial charge in [-0.25, -0.2) is 8.78 Å². The molecule has 0 heterocycles. The highest BCUT2D eigenvalue weighted by Gasteiger charge is 2.06. The molecule has 0 fully saturated rings. The van der Waals surface area contributed by atoms with Crippen LogP contribution >= 0.6 is 0 Å². The Morgan fingerprint density at radius 1 is 1.06 bits per heavy atom. The number of hydrogen-bond acceptors (Lipinski definition) is 1. The number of alkyl halides is 2. The minimum Gasteiger partial charge on any atom is -0.312 e. The van der Waals surface area contributed by atoms with Gasteiger partial charge < -0.3 is 5.32 Å². The normalized spacial score (nSPS) is 11.4. The number of halogens is 2. The molecular formula is C14H21F2N. The minimum atomic E-state index is -2.37. The standard InChI is InChI=1S/C14H21F2N/c1-3-11(4-2)9-17-10-12-5-7-13(8-6-12)14(15)16/h5-8,11,14,17H,3-4,9-10H2,1-2H3. The van der Waals surface area contributed by atoms with E-state index in [1.54, 1.807) is 12.1 Å². The molecular weight excluding hydrogens is 220 g/mol. The van der Waals surface area contributed by atoms with E-state index in [2.05, 4.69) is 19.2 Å². The van der Waals surface area contributed by atoms with Crippen molar-refractivity contribution >= 4 is 0 Å². The molecule has 0 spiro atoms. The molecule has 0 saturated heterocycles. The van der Waals surface area contributed by atoms with E-state index in [0.717, 1.165) is 18.7 Å². The Kier molecular flexibility index (Phi) is 6.12. The molecule has 1 nitrogen and oxygen atoms in total. The molecule has 0 unspecified atom stereocenters. The van der Waals surface area contributed by atoms with Gasteiger partial charge in [0.2, 0.25) is 0 Å². The van der Waals surface area contributed by atoms with Crippen LogP contribution in [0.25, 0.3) is 0 Å². The second-order valence-corrected chi connectivity index (χ2v) is 4.36. The third-order valence-corrected chi connectivity index (χ3v) is 3.15. The Morgan fingerprint density at radius 3 is 2.12 bits per heavy atom. The topological polar surface area (TPSA) is 12.0 Å². The van der Waals surface area contributed by atoms with Gasteiger partial charge in [-0.1, -0.05) is 51.0 Å². The molecule has 1 rings (SSSR count). The van der Waals surface area contributed by atoms with E-state index in [1.165, 1.54) is 25.0 Å². The lowest BCUT2D eigenvalue weighted by molar-refractivity contribution is 0.151. The second kappa shape index (κ2) is 7.38. The van der Waals surface area contributed by atoms with E-state index in [-0.39, 0.29) is 5.56 Å². The highest BCUT2D eigenvalue weighted by molar-refractivity contribution is 5.23. The van der Waals surface area contributed by atoms with E-state index < -0.39 is 6.43 Å². The summed E-state index contributed by atoms with van der Waals surface area (Å²) in [7, 11) is 0. The smallest absolute Gasteiger partial charge is 0.263 e.